The number of rotatable bonds is 8. The highest BCUT2D eigenvalue weighted by molar-refractivity contribution is 5.72. The number of hydrogen-bond acceptors (Lipinski definition) is 3. The maximum Gasteiger partial charge on any atom is 0.411 e. The van der Waals surface area contributed by atoms with Crippen LogP contribution in [0.3, 0.4) is 0 Å². The molecule has 1 fully saturated rings. The van der Waals surface area contributed by atoms with Crippen LogP contribution in [0, 0.1) is 0 Å². The van der Waals surface area contributed by atoms with Gasteiger partial charge in [0.2, 0.25) is 0 Å². The number of hydrogen-bond donors (Lipinski definition) is 1. The number of carbonyl (C=O) groups is 1. The van der Waals surface area contributed by atoms with Crippen molar-refractivity contribution < 1.29 is 14.6 Å². The molecule has 0 unspecified atom stereocenters. The average molecular weight is 363 g/mol. The van der Waals surface area contributed by atoms with Crippen molar-refractivity contribution in [3.8, 4) is 0 Å². The van der Waals surface area contributed by atoms with E-state index in [2.05, 4.69) is 13.2 Å². The van der Waals surface area contributed by atoms with Crippen molar-refractivity contribution in [3.63, 3.8) is 0 Å². The highest BCUT2D eigenvalue weighted by Crippen LogP contribution is 2.38. The van der Waals surface area contributed by atoms with Crippen LogP contribution in [-0.2, 0) is 4.74 Å². The van der Waals surface area contributed by atoms with Gasteiger partial charge in [0.15, 0.2) is 0 Å². The highest BCUT2D eigenvalue weighted by atomic mass is 16.6. The topological polar surface area (TPSA) is 49.8 Å². The fraction of sp³-hybridized carbons (Fsp3) is 0.261. The number of amides is 1. The molecule has 1 aliphatic rings. The fourth-order valence-corrected chi connectivity index (χ4v) is 3.80. The van der Waals surface area contributed by atoms with E-state index in [-0.39, 0.29) is 18.6 Å². The first kappa shape index (κ1) is 18.9. The molecule has 4 heteroatoms. The summed E-state index contributed by atoms with van der Waals surface area (Å²) in [6.45, 7) is 7.64. The van der Waals surface area contributed by atoms with Gasteiger partial charge in [0, 0.05) is 5.92 Å². The lowest BCUT2D eigenvalue weighted by atomic mass is 9.87. The lowest BCUT2D eigenvalue weighted by molar-refractivity contribution is 0.113. The Morgan fingerprint density at radius 3 is 2.15 bits per heavy atom. The van der Waals surface area contributed by atoms with Crippen LogP contribution in [0.5, 0.6) is 0 Å². The molecule has 27 heavy (non-hydrogen) atoms. The quantitative estimate of drug-likeness (QED) is 0.705. The van der Waals surface area contributed by atoms with Gasteiger partial charge in [-0.2, -0.15) is 0 Å². The monoisotopic (exact) mass is 363 g/mol. The molecular formula is C23H25NO3. The van der Waals surface area contributed by atoms with Gasteiger partial charge in [0.1, 0.15) is 6.10 Å². The van der Waals surface area contributed by atoms with E-state index in [0.29, 0.717) is 6.42 Å². The van der Waals surface area contributed by atoms with Gasteiger partial charge in [-0.25, -0.2) is 4.79 Å². The third kappa shape index (κ3) is 3.81. The van der Waals surface area contributed by atoms with Crippen LogP contribution in [0.1, 0.15) is 29.5 Å². The van der Waals surface area contributed by atoms with E-state index in [9.17, 15) is 9.90 Å². The molecule has 2 aromatic rings. The summed E-state index contributed by atoms with van der Waals surface area (Å²) < 4.78 is 5.81. The maximum absolute atomic E-state index is 12.8. The number of benzene rings is 2. The van der Waals surface area contributed by atoms with Crippen molar-refractivity contribution in [3.05, 3.63) is 97.1 Å². The van der Waals surface area contributed by atoms with Crippen LogP contribution >= 0.6 is 0 Å². The molecule has 1 amide bonds. The van der Waals surface area contributed by atoms with E-state index in [1.807, 2.05) is 66.7 Å². The molecule has 0 bridgehead atoms. The molecule has 3 rings (SSSR count). The number of nitrogens with zero attached hydrogens (tertiary/aromatic N) is 1. The van der Waals surface area contributed by atoms with E-state index in [4.69, 9.17) is 4.74 Å². The second-order valence-electron chi connectivity index (χ2n) is 6.63. The summed E-state index contributed by atoms with van der Waals surface area (Å²) in [5.41, 5.74) is 1.92. The van der Waals surface area contributed by atoms with E-state index in [1.165, 1.54) is 0 Å². The molecular weight excluding hydrogens is 338 g/mol. The zero-order valence-electron chi connectivity index (χ0n) is 15.3. The van der Waals surface area contributed by atoms with Crippen LogP contribution in [0.4, 0.5) is 4.79 Å². The van der Waals surface area contributed by atoms with Crippen molar-refractivity contribution in [1.82, 2.24) is 4.90 Å². The van der Waals surface area contributed by atoms with Gasteiger partial charge in [-0.3, -0.25) is 4.90 Å². The summed E-state index contributed by atoms with van der Waals surface area (Å²) in [5, 5.41) is 10.0. The Labute approximate surface area is 160 Å². The first-order valence-corrected chi connectivity index (χ1v) is 9.14. The first-order valence-electron chi connectivity index (χ1n) is 9.14. The normalized spacial score (nSPS) is 21.4. The molecule has 1 saturated heterocycles. The number of carbonyl (C=O) groups excluding carboxylic acids is 1. The standard InChI is InChI=1S/C23H25NO3/c1-3-11-20-22(19(4-2)17-12-7-5-8-13-17)27-23(26)24(20)21(16-25)18-14-9-6-10-15-18/h3-10,12-15,19-22,25H,1-2,11,16H2/t19-,20-,21+,22-/m0/s1. The van der Waals surface area contributed by atoms with Gasteiger partial charge >= 0.3 is 6.09 Å². The summed E-state index contributed by atoms with van der Waals surface area (Å²) >= 11 is 0. The Hall–Kier alpha value is -2.85. The Morgan fingerprint density at radius 2 is 1.63 bits per heavy atom. The molecule has 0 radical (unpaired) electrons. The Morgan fingerprint density at radius 1 is 1.04 bits per heavy atom. The van der Waals surface area contributed by atoms with Crippen LogP contribution in [0.25, 0.3) is 0 Å². The van der Waals surface area contributed by atoms with Crippen LogP contribution < -0.4 is 0 Å². The smallest absolute Gasteiger partial charge is 0.411 e. The predicted molar refractivity (Wildman–Crippen MR) is 106 cm³/mol. The number of aliphatic hydroxyl groups excluding tert-OH is 1. The van der Waals surface area contributed by atoms with Crippen molar-refractivity contribution >= 4 is 6.09 Å². The van der Waals surface area contributed by atoms with Crippen molar-refractivity contribution in [2.24, 2.45) is 0 Å². The zero-order valence-corrected chi connectivity index (χ0v) is 15.3. The first-order chi connectivity index (χ1) is 13.2. The predicted octanol–water partition coefficient (Wildman–Crippen LogP) is 4.46. The minimum atomic E-state index is -0.463. The van der Waals surface area contributed by atoms with Crippen LogP contribution in [-0.4, -0.2) is 34.9 Å². The van der Waals surface area contributed by atoms with Gasteiger partial charge in [0.25, 0.3) is 0 Å². The Kier molecular flexibility index (Phi) is 6.09. The highest BCUT2D eigenvalue weighted by Gasteiger charge is 2.47. The molecule has 0 aliphatic carbocycles. The maximum atomic E-state index is 12.8. The molecule has 2 aromatic carbocycles. The van der Waals surface area contributed by atoms with Gasteiger partial charge in [-0.15, -0.1) is 13.2 Å². The summed E-state index contributed by atoms with van der Waals surface area (Å²) in [6.07, 6.45) is 3.36. The lowest BCUT2D eigenvalue weighted by Crippen LogP contribution is -2.42. The minimum absolute atomic E-state index is 0.139. The second kappa shape index (κ2) is 8.69. The molecule has 1 heterocycles. The molecule has 140 valence electrons. The van der Waals surface area contributed by atoms with E-state index < -0.39 is 18.2 Å². The third-order valence-corrected chi connectivity index (χ3v) is 5.08. The van der Waals surface area contributed by atoms with Gasteiger partial charge in [0.05, 0.1) is 18.7 Å². The van der Waals surface area contributed by atoms with Crippen LogP contribution in [0.2, 0.25) is 0 Å². The molecule has 1 N–H and O–H groups in total. The van der Waals surface area contributed by atoms with Gasteiger partial charge in [-0.1, -0.05) is 72.8 Å². The minimum Gasteiger partial charge on any atom is -0.443 e. The summed E-state index contributed by atoms with van der Waals surface area (Å²) in [5.74, 6) is -0.139. The van der Waals surface area contributed by atoms with Crippen LogP contribution in [0.15, 0.2) is 86.0 Å². The average Bonchev–Trinajstić information content (AvgIpc) is 3.01. The molecule has 0 saturated carbocycles. The molecule has 0 aromatic heterocycles. The fourth-order valence-electron chi connectivity index (χ4n) is 3.80. The number of ether oxygens (including phenoxy) is 1. The van der Waals surface area contributed by atoms with E-state index >= 15 is 0 Å². The summed E-state index contributed by atoms with van der Waals surface area (Å²) in [6, 6.07) is 18.7. The van der Waals surface area contributed by atoms with Crippen molar-refractivity contribution in [2.45, 2.75) is 30.5 Å². The summed E-state index contributed by atoms with van der Waals surface area (Å²) in [4.78, 5) is 14.5. The van der Waals surface area contributed by atoms with E-state index in [1.54, 1.807) is 11.0 Å². The third-order valence-electron chi connectivity index (χ3n) is 5.08. The second-order valence-corrected chi connectivity index (χ2v) is 6.63. The van der Waals surface area contributed by atoms with Gasteiger partial charge in [-0.05, 0) is 17.5 Å². The molecule has 4 atom stereocenters. The summed E-state index contributed by atoms with van der Waals surface area (Å²) in [7, 11) is 0. The lowest BCUT2D eigenvalue weighted by Gasteiger charge is -2.32. The largest absolute Gasteiger partial charge is 0.443 e. The number of cyclic esters (lactones) is 1. The Balaban J connectivity index is 1.97. The molecule has 4 nitrogen and oxygen atoms in total. The number of aliphatic hydroxyl groups is 1. The molecule has 1 aliphatic heterocycles. The van der Waals surface area contributed by atoms with Crippen molar-refractivity contribution in [2.75, 3.05) is 6.61 Å². The Bertz CT molecular complexity index is 775. The molecule has 0 spiro atoms. The zero-order chi connectivity index (χ0) is 19.2. The van der Waals surface area contributed by atoms with Crippen molar-refractivity contribution in [1.29, 1.82) is 0 Å². The van der Waals surface area contributed by atoms with Gasteiger partial charge < -0.3 is 9.84 Å². The SMILES string of the molecule is C=CC[C@H]1[C@H]([C@@H](C=C)c2ccccc2)OC(=O)N1[C@H](CO)c1ccccc1. The van der Waals surface area contributed by atoms with E-state index in [0.717, 1.165) is 11.1 Å².